The van der Waals surface area contributed by atoms with Crippen LogP contribution in [0.5, 0.6) is 0 Å². The Bertz CT molecular complexity index is 94.7. The Balaban J connectivity index is 3.50. The first-order valence-corrected chi connectivity index (χ1v) is 3.44. The van der Waals surface area contributed by atoms with E-state index in [2.05, 4.69) is 13.5 Å². The highest BCUT2D eigenvalue weighted by Crippen LogP contribution is 2.10. The van der Waals surface area contributed by atoms with Crippen LogP contribution in [0.1, 0.15) is 27.2 Å². The Morgan fingerprint density at radius 1 is 1.56 bits per heavy atom. The van der Waals surface area contributed by atoms with E-state index in [1.165, 1.54) is 5.57 Å². The van der Waals surface area contributed by atoms with Gasteiger partial charge in [0, 0.05) is 6.04 Å². The summed E-state index contributed by atoms with van der Waals surface area (Å²) in [5.41, 5.74) is 6.87. The summed E-state index contributed by atoms with van der Waals surface area (Å²) in [6, 6.07) is 0.293. The van der Waals surface area contributed by atoms with Crippen LogP contribution in [0.2, 0.25) is 0 Å². The van der Waals surface area contributed by atoms with Crippen molar-refractivity contribution in [3.8, 4) is 0 Å². The summed E-state index contributed by atoms with van der Waals surface area (Å²) >= 11 is 0. The second kappa shape index (κ2) is 3.67. The molecule has 0 radical (unpaired) electrons. The van der Waals surface area contributed by atoms with Gasteiger partial charge in [0.15, 0.2) is 0 Å². The molecular weight excluding hydrogens is 110 g/mol. The summed E-state index contributed by atoms with van der Waals surface area (Å²) in [5, 5.41) is 0. The van der Waals surface area contributed by atoms with Crippen LogP contribution in [0.25, 0.3) is 0 Å². The molecule has 0 rings (SSSR count). The maximum Gasteiger partial charge on any atom is 0.00391 e. The first kappa shape index (κ1) is 8.70. The lowest BCUT2D eigenvalue weighted by atomic mass is 9.97. The summed E-state index contributed by atoms with van der Waals surface area (Å²) in [6.45, 7) is 10.0. The van der Waals surface area contributed by atoms with Gasteiger partial charge in [-0.15, -0.1) is 6.58 Å². The Morgan fingerprint density at radius 3 is 2.11 bits per heavy atom. The third-order valence-electron chi connectivity index (χ3n) is 1.57. The highest BCUT2D eigenvalue weighted by Gasteiger charge is 2.05. The zero-order valence-electron chi connectivity index (χ0n) is 6.65. The maximum atomic E-state index is 5.64. The van der Waals surface area contributed by atoms with Gasteiger partial charge in [0.2, 0.25) is 0 Å². The first-order valence-electron chi connectivity index (χ1n) is 3.44. The summed E-state index contributed by atoms with van der Waals surface area (Å²) in [5.74, 6) is 0.572. The second-order valence-corrected chi connectivity index (χ2v) is 3.00. The fourth-order valence-electron chi connectivity index (χ4n) is 0.736. The van der Waals surface area contributed by atoms with Crippen molar-refractivity contribution in [3.63, 3.8) is 0 Å². The van der Waals surface area contributed by atoms with Crippen molar-refractivity contribution in [3.05, 3.63) is 12.2 Å². The normalized spacial score (nSPS) is 16.9. The molecule has 0 amide bonds. The molecule has 0 spiro atoms. The van der Waals surface area contributed by atoms with Crippen LogP contribution < -0.4 is 5.73 Å². The Morgan fingerprint density at radius 2 is 2.00 bits per heavy atom. The van der Waals surface area contributed by atoms with Crippen molar-refractivity contribution < 1.29 is 0 Å². The van der Waals surface area contributed by atoms with Gasteiger partial charge in [-0.25, -0.2) is 0 Å². The SMILES string of the molecule is C=C(C)C[C@H](C)[C@H](C)N. The van der Waals surface area contributed by atoms with Gasteiger partial charge in [-0.1, -0.05) is 12.5 Å². The van der Waals surface area contributed by atoms with Gasteiger partial charge in [-0.05, 0) is 26.2 Å². The van der Waals surface area contributed by atoms with E-state index in [9.17, 15) is 0 Å². The van der Waals surface area contributed by atoms with Crippen molar-refractivity contribution in [2.24, 2.45) is 11.7 Å². The predicted molar refractivity (Wildman–Crippen MR) is 42.2 cm³/mol. The van der Waals surface area contributed by atoms with Crippen molar-refractivity contribution in [1.82, 2.24) is 0 Å². The van der Waals surface area contributed by atoms with Crippen molar-refractivity contribution >= 4 is 0 Å². The third-order valence-corrected chi connectivity index (χ3v) is 1.57. The van der Waals surface area contributed by atoms with Gasteiger partial charge in [0.1, 0.15) is 0 Å². The maximum absolute atomic E-state index is 5.64. The van der Waals surface area contributed by atoms with E-state index >= 15 is 0 Å². The summed E-state index contributed by atoms with van der Waals surface area (Å²) in [4.78, 5) is 0. The monoisotopic (exact) mass is 127 g/mol. The van der Waals surface area contributed by atoms with Crippen LogP contribution in [0.4, 0.5) is 0 Å². The van der Waals surface area contributed by atoms with Gasteiger partial charge >= 0.3 is 0 Å². The van der Waals surface area contributed by atoms with Crippen LogP contribution in [0, 0.1) is 5.92 Å². The largest absolute Gasteiger partial charge is 0.328 e. The van der Waals surface area contributed by atoms with E-state index in [1.54, 1.807) is 0 Å². The lowest BCUT2D eigenvalue weighted by Crippen LogP contribution is -2.24. The van der Waals surface area contributed by atoms with E-state index in [4.69, 9.17) is 5.73 Å². The lowest BCUT2D eigenvalue weighted by molar-refractivity contribution is 0.480. The minimum Gasteiger partial charge on any atom is -0.328 e. The van der Waals surface area contributed by atoms with Crippen molar-refractivity contribution in [2.75, 3.05) is 0 Å². The quantitative estimate of drug-likeness (QED) is 0.576. The topological polar surface area (TPSA) is 26.0 Å². The van der Waals surface area contributed by atoms with E-state index in [0.29, 0.717) is 12.0 Å². The minimum atomic E-state index is 0.293. The molecule has 0 aliphatic heterocycles. The van der Waals surface area contributed by atoms with Crippen LogP contribution in [0.15, 0.2) is 12.2 Å². The number of hydrogen-bond acceptors (Lipinski definition) is 1. The van der Waals surface area contributed by atoms with Crippen LogP contribution in [0.3, 0.4) is 0 Å². The number of nitrogens with two attached hydrogens (primary N) is 1. The summed E-state index contributed by atoms with van der Waals surface area (Å²) in [7, 11) is 0. The molecule has 1 heteroatoms. The number of hydrogen-bond donors (Lipinski definition) is 1. The van der Waals surface area contributed by atoms with Crippen molar-refractivity contribution in [2.45, 2.75) is 33.2 Å². The molecule has 54 valence electrons. The van der Waals surface area contributed by atoms with Gasteiger partial charge in [-0.3, -0.25) is 0 Å². The standard InChI is InChI=1S/C8H17N/c1-6(2)5-7(3)8(4)9/h7-8H,1,5,9H2,2-4H3/t7-,8-/m0/s1. The molecule has 2 atom stereocenters. The fraction of sp³-hybridized carbons (Fsp3) is 0.750. The molecule has 0 saturated carbocycles. The predicted octanol–water partition coefficient (Wildman–Crippen LogP) is 1.94. The molecule has 0 unspecified atom stereocenters. The van der Waals surface area contributed by atoms with Gasteiger partial charge in [0.05, 0.1) is 0 Å². The molecule has 0 fully saturated rings. The molecule has 0 bridgehead atoms. The van der Waals surface area contributed by atoms with Crippen LogP contribution >= 0.6 is 0 Å². The molecule has 1 nitrogen and oxygen atoms in total. The third kappa shape index (κ3) is 4.22. The zero-order chi connectivity index (χ0) is 7.44. The molecule has 0 heterocycles. The molecule has 0 aliphatic rings. The second-order valence-electron chi connectivity index (χ2n) is 3.00. The summed E-state index contributed by atoms with van der Waals surface area (Å²) < 4.78 is 0. The Labute approximate surface area is 57.9 Å². The van der Waals surface area contributed by atoms with Gasteiger partial charge < -0.3 is 5.73 Å². The number of rotatable bonds is 3. The minimum absolute atomic E-state index is 0.293. The Hall–Kier alpha value is -0.300. The van der Waals surface area contributed by atoms with E-state index in [0.717, 1.165) is 6.42 Å². The molecule has 0 aromatic carbocycles. The smallest absolute Gasteiger partial charge is 0.00391 e. The van der Waals surface area contributed by atoms with Crippen molar-refractivity contribution in [1.29, 1.82) is 0 Å². The lowest BCUT2D eigenvalue weighted by Gasteiger charge is -2.14. The summed E-state index contributed by atoms with van der Waals surface area (Å²) in [6.07, 6.45) is 1.05. The molecule has 9 heavy (non-hydrogen) atoms. The number of allylic oxidation sites excluding steroid dienone is 1. The Kier molecular flexibility index (Phi) is 3.55. The van der Waals surface area contributed by atoms with Gasteiger partial charge in [0.25, 0.3) is 0 Å². The fourth-order valence-corrected chi connectivity index (χ4v) is 0.736. The van der Waals surface area contributed by atoms with Crippen LogP contribution in [-0.4, -0.2) is 6.04 Å². The highest BCUT2D eigenvalue weighted by atomic mass is 14.6. The molecule has 0 aromatic heterocycles. The van der Waals surface area contributed by atoms with Crippen LogP contribution in [-0.2, 0) is 0 Å². The van der Waals surface area contributed by atoms with Gasteiger partial charge in [-0.2, -0.15) is 0 Å². The van der Waals surface area contributed by atoms with E-state index in [1.807, 2.05) is 13.8 Å². The molecule has 0 saturated heterocycles. The highest BCUT2D eigenvalue weighted by molar-refractivity contribution is 4.90. The molecule has 0 aromatic rings. The molecule has 0 aliphatic carbocycles. The molecule has 2 N–H and O–H groups in total. The zero-order valence-corrected chi connectivity index (χ0v) is 6.65. The van der Waals surface area contributed by atoms with E-state index < -0.39 is 0 Å². The van der Waals surface area contributed by atoms with E-state index in [-0.39, 0.29) is 0 Å². The average Bonchev–Trinajstić information content (AvgIpc) is 1.63. The average molecular weight is 127 g/mol. The molecular formula is C8H17N. The first-order chi connectivity index (χ1) is 4.04.